The highest BCUT2D eigenvalue weighted by molar-refractivity contribution is 6.32. The lowest BCUT2D eigenvalue weighted by Crippen LogP contribution is -2.05. The van der Waals surface area contributed by atoms with Crippen LogP contribution in [0.4, 0.5) is 0 Å². The standard InChI is InChI=1S/C19H13Cl2NO5/c1-10(23)26-17-14(21)7-11(9-16(17)25-2)8-15-19(24)27-18(22-15)12-3-5-13(20)6-4-12/h3-9H,1-2H3/b15-8-. The number of hydrogen-bond acceptors (Lipinski definition) is 6. The number of nitrogens with zero attached hydrogens (tertiary/aromatic N) is 1. The van der Waals surface area contributed by atoms with Gasteiger partial charge in [-0.25, -0.2) is 9.79 Å². The summed E-state index contributed by atoms with van der Waals surface area (Å²) >= 11 is 12.0. The molecule has 0 aromatic heterocycles. The number of rotatable bonds is 4. The van der Waals surface area contributed by atoms with E-state index in [1.165, 1.54) is 26.2 Å². The van der Waals surface area contributed by atoms with E-state index in [1.54, 1.807) is 30.3 Å². The first kappa shape index (κ1) is 18.9. The summed E-state index contributed by atoms with van der Waals surface area (Å²) in [5, 5.41) is 0.721. The zero-order valence-electron chi connectivity index (χ0n) is 14.3. The molecule has 0 aliphatic carbocycles. The van der Waals surface area contributed by atoms with Gasteiger partial charge in [0.05, 0.1) is 12.1 Å². The lowest BCUT2D eigenvalue weighted by molar-refractivity contribution is -0.132. The zero-order chi connectivity index (χ0) is 19.6. The summed E-state index contributed by atoms with van der Waals surface area (Å²) < 4.78 is 15.5. The van der Waals surface area contributed by atoms with E-state index in [-0.39, 0.29) is 28.1 Å². The molecule has 6 nitrogen and oxygen atoms in total. The molecule has 0 spiro atoms. The van der Waals surface area contributed by atoms with Gasteiger partial charge < -0.3 is 14.2 Å². The quantitative estimate of drug-likeness (QED) is 0.431. The minimum atomic E-state index is -0.598. The van der Waals surface area contributed by atoms with Gasteiger partial charge in [0.1, 0.15) is 0 Å². The van der Waals surface area contributed by atoms with E-state index < -0.39 is 11.9 Å². The molecule has 2 aromatic rings. The van der Waals surface area contributed by atoms with E-state index in [0.29, 0.717) is 16.1 Å². The molecule has 2 aromatic carbocycles. The fraction of sp³-hybridized carbons (Fsp3) is 0.105. The topological polar surface area (TPSA) is 74.2 Å². The molecule has 0 radical (unpaired) electrons. The van der Waals surface area contributed by atoms with Crippen LogP contribution in [0.3, 0.4) is 0 Å². The smallest absolute Gasteiger partial charge is 0.363 e. The normalized spacial score (nSPS) is 14.7. The first-order chi connectivity index (χ1) is 12.9. The fourth-order valence-electron chi connectivity index (χ4n) is 2.35. The van der Waals surface area contributed by atoms with Crippen molar-refractivity contribution in [3.63, 3.8) is 0 Å². The number of carbonyl (C=O) groups is 2. The van der Waals surface area contributed by atoms with Crippen molar-refractivity contribution in [1.82, 2.24) is 0 Å². The van der Waals surface area contributed by atoms with Crippen molar-refractivity contribution in [2.24, 2.45) is 4.99 Å². The molecule has 0 N–H and O–H groups in total. The SMILES string of the molecule is COc1cc(/C=C2\N=C(c3ccc(Cl)cc3)OC2=O)cc(Cl)c1OC(C)=O. The van der Waals surface area contributed by atoms with Crippen LogP contribution in [-0.4, -0.2) is 24.9 Å². The molecular formula is C19H13Cl2NO5. The van der Waals surface area contributed by atoms with Crippen molar-refractivity contribution < 1.29 is 23.8 Å². The molecule has 138 valence electrons. The molecule has 3 rings (SSSR count). The summed E-state index contributed by atoms with van der Waals surface area (Å²) in [4.78, 5) is 27.5. The number of esters is 2. The number of carbonyl (C=O) groups excluding carboxylic acids is 2. The maximum Gasteiger partial charge on any atom is 0.363 e. The number of aliphatic imine (C=N–C) groups is 1. The van der Waals surface area contributed by atoms with Gasteiger partial charge in [0, 0.05) is 17.5 Å². The van der Waals surface area contributed by atoms with Gasteiger partial charge in [0.2, 0.25) is 5.90 Å². The van der Waals surface area contributed by atoms with Gasteiger partial charge in [-0.1, -0.05) is 23.2 Å². The second kappa shape index (κ2) is 7.82. The Bertz CT molecular complexity index is 980. The van der Waals surface area contributed by atoms with E-state index in [2.05, 4.69) is 4.99 Å². The Labute approximate surface area is 165 Å². The van der Waals surface area contributed by atoms with E-state index in [0.717, 1.165) is 0 Å². The first-order valence-electron chi connectivity index (χ1n) is 7.72. The number of benzene rings is 2. The lowest BCUT2D eigenvalue weighted by Gasteiger charge is -2.10. The fourth-order valence-corrected chi connectivity index (χ4v) is 2.73. The van der Waals surface area contributed by atoms with Crippen LogP contribution in [-0.2, 0) is 14.3 Å². The number of methoxy groups -OCH3 is 1. The largest absolute Gasteiger partial charge is 0.493 e. The molecular weight excluding hydrogens is 393 g/mol. The first-order valence-corrected chi connectivity index (χ1v) is 8.47. The van der Waals surface area contributed by atoms with Crippen LogP contribution >= 0.6 is 23.2 Å². The van der Waals surface area contributed by atoms with Gasteiger partial charge in [0.15, 0.2) is 17.2 Å². The number of cyclic esters (lactones) is 1. The Balaban J connectivity index is 1.96. The Morgan fingerprint density at radius 1 is 1.19 bits per heavy atom. The predicted octanol–water partition coefficient (Wildman–Crippen LogP) is 4.27. The van der Waals surface area contributed by atoms with Gasteiger partial charge in [-0.3, -0.25) is 4.79 Å². The second-order valence-corrected chi connectivity index (χ2v) is 6.31. The van der Waals surface area contributed by atoms with Crippen LogP contribution in [0.2, 0.25) is 10.0 Å². The van der Waals surface area contributed by atoms with Crippen LogP contribution in [0, 0.1) is 0 Å². The monoisotopic (exact) mass is 405 g/mol. The summed E-state index contributed by atoms with van der Waals surface area (Å²) in [6.07, 6.45) is 1.50. The number of hydrogen-bond donors (Lipinski definition) is 0. The van der Waals surface area contributed by atoms with Crippen molar-refractivity contribution in [2.45, 2.75) is 6.92 Å². The molecule has 27 heavy (non-hydrogen) atoms. The molecule has 0 fully saturated rings. The predicted molar refractivity (Wildman–Crippen MR) is 101 cm³/mol. The van der Waals surface area contributed by atoms with E-state index in [1.807, 2.05) is 0 Å². The molecule has 0 unspecified atom stereocenters. The van der Waals surface area contributed by atoms with Crippen molar-refractivity contribution in [3.05, 3.63) is 63.3 Å². The lowest BCUT2D eigenvalue weighted by atomic mass is 10.1. The summed E-state index contributed by atoms with van der Waals surface area (Å²) in [6.45, 7) is 1.26. The molecule has 0 atom stereocenters. The van der Waals surface area contributed by atoms with Crippen LogP contribution < -0.4 is 9.47 Å². The molecule has 0 saturated carbocycles. The van der Waals surface area contributed by atoms with Crippen LogP contribution in [0.15, 0.2) is 47.1 Å². The van der Waals surface area contributed by atoms with Crippen molar-refractivity contribution >= 4 is 47.1 Å². The van der Waals surface area contributed by atoms with Gasteiger partial charge in [0.25, 0.3) is 0 Å². The Morgan fingerprint density at radius 2 is 1.89 bits per heavy atom. The van der Waals surface area contributed by atoms with Gasteiger partial charge in [-0.05, 0) is 48.0 Å². The third-order valence-corrected chi connectivity index (χ3v) is 4.05. The Morgan fingerprint density at radius 3 is 2.52 bits per heavy atom. The minimum Gasteiger partial charge on any atom is -0.493 e. The molecule has 1 aliphatic heterocycles. The third-order valence-electron chi connectivity index (χ3n) is 3.51. The van der Waals surface area contributed by atoms with Gasteiger partial charge >= 0.3 is 11.9 Å². The van der Waals surface area contributed by atoms with Crippen molar-refractivity contribution in [1.29, 1.82) is 0 Å². The van der Waals surface area contributed by atoms with Crippen molar-refractivity contribution in [2.75, 3.05) is 7.11 Å². The summed E-state index contributed by atoms with van der Waals surface area (Å²) in [5.41, 5.74) is 1.25. The Kier molecular flexibility index (Phi) is 5.48. The summed E-state index contributed by atoms with van der Waals surface area (Å²) in [7, 11) is 1.41. The molecule has 1 aliphatic rings. The number of ether oxygens (including phenoxy) is 3. The highest BCUT2D eigenvalue weighted by atomic mass is 35.5. The maximum atomic E-state index is 12.1. The minimum absolute atomic E-state index is 0.0957. The maximum absolute atomic E-state index is 12.1. The van der Waals surface area contributed by atoms with E-state index >= 15 is 0 Å². The van der Waals surface area contributed by atoms with Crippen LogP contribution in [0.25, 0.3) is 6.08 Å². The van der Waals surface area contributed by atoms with E-state index in [9.17, 15) is 9.59 Å². The average Bonchev–Trinajstić information content (AvgIpc) is 2.98. The third kappa shape index (κ3) is 4.30. The highest BCUT2D eigenvalue weighted by Gasteiger charge is 2.24. The van der Waals surface area contributed by atoms with Crippen LogP contribution in [0.1, 0.15) is 18.1 Å². The van der Waals surface area contributed by atoms with Crippen molar-refractivity contribution in [3.8, 4) is 11.5 Å². The summed E-state index contributed by atoms with van der Waals surface area (Å²) in [6, 6.07) is 9.84. The zero-order valence-corrected chi connectivity index (χ0v) is 15.8. The van der Waals surface area contributed by atoms with E-state index in [4.69, 9.17) is 37.4 Å². The molecule has 0 amide bonds. The Hall–Kier alpha value is -2.83. The van der Waals surface area contributed by atoms with Crippen LogP contribution in [0.5, 0.6) is 11.5 Å². The molecule has 1 heterocycles. The van der Waals surface area contributed by atoms with Gasteiger partial charge in [-0.2, -0.15) is 0 Å². The molecule has 8 heteroatoms. The highest BCUT2D eigenvalue weighted by Crippen LogP contribution is 2.37. The van der Waals surface area contributed by atoms with Gasteiger partial charge in [-0.15, -0.1) is 0 Å². The molecule has 0 saturated heterocycles. The average molecular weight is 406 g/mol. The molecule has 0 bridgehead atoms. The summed E-state index contributed by atoms with van der Waals surface area (Å²) in [5.74, 6) is -0.597. The second-order valence-electron chi connectivity index (χ2n) is 5.47. The number of halogens is 2.